The number of fused-ring (bicyclic) bond motifs is 1. The molecule has 3 atom stereocenters. The third-order valence-corrected chi connectivity index (χ3v) is 7.64. The van der Waals surface area contributed by atoms with Crippen LogP contribution in [0, 0.1) is 11.7 Å². The van der Waals surface area contributed by atoms with Crippen LogP contribution in [-0.2, 0) is 19.8 Å². The third-order valence-electron chi connectivity index (χ3n) is 7.64. The van der Waals surface area contributed by atoms with Crippen molar-refractivity contribution < 1.29 is 28.3 Å². The molecule has 10 heteroatoms. The molecule has 0 fully saturated rings. The number of hydrogen-bond acceptors (Lipinski definition) is 5. The van der Waals surface area contributed by atoms with Gasteiger partial charge in [-0.05, 0) is 49.1 Å². The van der Waals surface area contributed by atoms with E-state index in [-0.39, 0.29) is 61.1 Å². The molecule has 0 bridgehead atoms. The first-order valence-corrected chi connectivity index (χ1v) is 13.9. The van der Waals surface area contributed by atoms with Gasteiger partial charge in [0.05, 0.1) is 11.6 Å². The van der Waals surface area contributed by atoms with E-state index in [2.05, 4.69) is 16.0 Å². The lowest BCUT2D eigenvalue weighted by Crippen LogP contribution is -2.52. The molecule has 3 rings (SSSR count). The van der Waals surface area contributed by atoms with E-state index in [9.17, 15) is 23.6 Å². The zero-order valence-corrected chi connectivity index (χ0v) is 24.6. The zero-order chi connectivity index (χ0) is 30.3. The van der Waals surface area contributed by atoms with Gasteiger partial charge in [0, 0.05) is 25.4 Å². The summed E-state index contributed by atoms with van der Waals surface area (Å²) in [6.07, 6.45) is -0.0523. The van der Waals surface area contributed by atoms with E-state index in [1.165, 1.54) is 17.0 Å². The van der Waals surface area contributed by atoms with Crippen molar-refractivity contribution in [2.24, 2.45) is 5.92 Å². The molecule has 0 saturated carbocycles. The summed E-state index contributed by atoms with van der Waals surface area (Å²) >= 11 is 0. The van der Waals surface area contributed by atoms with Crippen molar-refractivity contribution in [3.8, 4) is 5.75 Å². The monoisotopic (exact) mass is 568 g/mol. The van der Waals surface area contributed by atoms with Gasteiger partial charge >= 0.3 is 0 Å². The molecule has 1 aliphatic rings. The highest BCUT2D eigenvalue weighted by Gasteiger charge is 2.30. The Morgan fingerprint density at radius 1 is 1.10 bits per heavy atom. The van der Waals surface area contributed by atoms with Crippen LogP contribution in [0.5, 0.6) is 5.75 Å². The molecule has 1 aliphatic heterocycles. The lowest BCUT2D eigenvalue weighted by molar-refractivity contribution is -0.139. The Morgan fingerprint density at radius 3 is 2.41 bits per heavy atom. The van der Waals surface area contributed by atoms with Gasteiger partial charge in [-0.25, -0.2) is 4.39 Å². The SMILES string of the molecule is CC(C)[C@H]1COc2ccccc2C(=O)N[C@H](C(=O)NCC(C)(C)c2ccc(F)cc2)CCC(=O)N(C)[C@@H](C)C(=O)N1. The van der Waals surface area contributed by atoms with Crippen molar-refractivity contribution in [3.63, 3.8) is 0 Å². The highest BCUT2D eigenvalue weighted by atomic mass is 19.1. The van der Waals surface area contributed by atoms with Crippen molar-refractivity contribution in [1.82, 2.24) is 20.9 Å². The summed E-state index contributed by atoms with van der Waals surface area (Å²) in [5.74, 6) is -1.65. The highest BCUT2D eigenvalue weighted by molar-refractivity contribution is 5.99. The van der Waals surface area contributed by atoms with Crippen molar-refractivity contribution >= 4 is 23.6 Å². The lowest BCUT2D eigenvalue weighted by atomic mass is 9.84. The number of benzene rings is 2. The number of para-hydroxylation sites is 1. The molecule has 0 unspecified atom stereocenters. The predicted molar refractivity (Wildman–Crippen MR) is 154 cm³/mol. The third kappa shape index (κ3) is 8.28. The first-order valence-electron chi connectivity index (χ1n) is 13.9. The molecule has 4 amide bonds. The number of nitrogens with one attached hydrogen (secondary N) is 3. The Labute approximate surface area is 241 Å². The van der Waals surface area contributed by atoms with E-state index in [1.807, 2.05) is 27.7 Å². The number of ether oxygens (including phenoxy) is 1. The number of carbonyl (C=O) groups excluding carboxylic acids is 4. The van der Waals surface area contributed by atoms with Crippen LogP contribution >= 0.6 is 0 Å². The Bertz CT molecular complexity index is 1250. The number of nitrogens with zero attached hydrogens (tertiary/aromatic N) is 1. The molecule has 0 saturated heterocycles. The molecule has 41 heavy (non-hydrogen) atoms. The molecule has 222 valence electrons. The second-order valence-electron chi connectivity index (χ2n) is 11.5. The van der Waals surface area contributed by atoms with Gasteiger partial charge < -0.3 is 25.6 Å². The van der Waals surface area contributed by atoms with Gasteiger partial charge in [-0.15, -0.1) is 0 Å². The molecule has 9 nitrogen and oxygen atoms in total. The summed E-state index contributed by atoms with van der Waals surface area (Å²) in [6, 6.07) is 10.6. The van der Waals surface area contributed by atoms with Crippen molar-refractivity contribution in [3.05, 3.63) is 65.5 Å². The minimum atomic E-state index is -1.03. The maximum atomic E-state index is 13.4. The van der Waals surface area contributed by atoms with Crippen LogP contribution in [-0.4, -0.2) is 66.9 Å². The van der Waals surface area contributed by atoms with Gasteiger partial charge in [-0.1, -0.05) is 52.0 Å². The highest BCUT2D eigenvalue weighted by Crippen LogP contribution is 2.23. The van der Waals surface area contributed by atoms with E-state index in [0.717, 1.165) is 5.56 Å². The first-order chi connectivity index (χ1) is 19.3. The fourth-order valence-corrected chi connectivity index (χ4v) is 4.44. The quantitative estimate of drug-likeness (QED) is 0.512. The summed E-state index contributed by atoms with van der Waals surface area (Å²) in [6.45, 7) is 9.69. The second kappa shape index (κ2) is 13.6. The zero-order valence-electron chi connectivity index (χ0n) is 24.6. The Balaban J connectivity index is 1.87. The average molecular weight is 569 g/mol. The molecule has 0 radical (unpaired) electrons. The summed E-state index contributed by atoms with van der Waals surface area (Å²) in [5, 5.41) is 8.63. The molecule has 0 aromatic heterocycles. The second-order valence-corrected chi connectivity index (χ2v) is 11.5. The van der Waals surface area contributed by atoms with Gasteiger partial charge in [0.1, 0.15) is 30.3 Å². The molecule has 1 heterocycles. The van der Waals surface area contributed by atoms with Crippen LogP contribution in [0.1, 0.15) is 63.4 Å². The maximum Gasteiger partial charge on any atom is 0.255 e. The van der Waals surface area contributed by atoms with Crippen LogP contribution in [0.15, 0.2) is 48.5 Å². The van der Waals surface area contributed by atoms with Crippen LogP contribution in [0.2, 0.25) is 0 Å². The minimum absolute atomic E-state index is 0.0176. The summed E-state index contributed by atoms with van der Waals surface area (Å²) in [5.41, 5.74) is 0.539. The van der Waals surface area contributed by atoms with Gasteiger partial charge in [0.15, 0.2) is 0 Å². The molecular formula is C31H41FN4O5. The summed E-state index contributed by atoms with van der Waals surface area (Å²) in [7, 11) is 1.54. The number of halogens is 1. The summed E-state index contributed by atoms with van der Waals surface area (Å²) in [4.78, 5) is 54.2. The van der Waals surface area contributed by atoms with E-state index < -0.39 is 29.3 Å². The molecule has 0 spiro atoms. The molecule has 3 N–H and O–H groups in total. The number of carbonyl (C=O) groups is 4. The van der Waals surface area contributed by atoms with Gasteiger partial charge in [0.2, 0.25) is 17.7 Å². The number of rotatable bonds is 5. The van der Waals surface area contributed by atoms with Gasteiger partial charge in [-0.3, -0.25) is 19.2 Å². The van der Waals surface area contributed by atoms with Crippen LogP contribution in [0.4, 0.5) is 4.39 Å². The maximum absolute atomic E-state index is 13.4. The van der Waals surface area contributed by atoms with Crippen LogP contribution in [0.25, 0.3) is 0 Å². The molecule has 2 aromatic rings. The Morgan fingerprint density at radius 2 is 1.76 bits per heavy atom. The predicted octanol–water partition coefficient (Wildman–Crippen LogP) is 3.18. The van der Waals surface area contributed by atoms with Gasteiger partial charge in [0.25, 0.3) is 5.91 Å². The topological polar surface area (TPSA) is 117 Å². The average Bonchev–Trinajstić information content (AvgIpc) is 2.94. The number of likely N-dealkylation sites (N-methyl/N-ethyl adjacent to an activating group) is 1. The first kappa shape index (κ1) is 31.6. The molecular weight excluding hydrogens is 527 g/mol. The number of hydrogen-bond donors (Lipinski definition) is 3. The standard InChI is InChI=1S/C31H41FN4O5/c1-19(2)25-17-41-26-10-8-7-9-23(26)29(39)34-24(15-16-27(37)36(6)20(3)28(38)35-25)30(40)33-18-31(4,5)21-11-13-22(32)14-12-21/h7-14,19-20,24-25H,15-18H2,1-6H3,(H,33,40)(H,34,39)(H,35,38)/t20-,24-,25+/m0/s1. The lowest BCUT2D eigenvalue weighted by Gasteiger charge is -2.29. The number of amides is 4. The Hall–Kier alpha value is -3.95. The van der Waals surface area contributed by atoms with Crippen molar-refractivity contribution in [1.29, 1.82) is 0 Å². The van der Waals surface area contributed by atoms with E-state index in [4.69, 9.17) is 4.74 Å². The largest absolute Gasteiger partial charge is 0.491 e. The molecule has 2 aromatic carbocycles. The van der Waals surface area contributed by atoms with Crippen LogP contribution < -0.4 is 20.7 Å². The van der Waals surface area contributed by atoms with E-state index >= 15 is 0 Å². The fourth-order valence-electron chi connectivity index (χ4n) is 4.44. The summed E-state index contributed by atoms with van der Waals surface area (Å²) < 4.78 is 19.4. The van der Waals surface area contributed by atoms with E-state index in [0.29, 0.717) is 5.75 Å². The fraction of sp³-hybridized carbons (Fsp3) is 0.484. The van der Waals surface area contributed by atoms with Crippen LogP contribution in [0.3, 0.4) is 0 Å². The van der Waals surface area contributed by atoms with E-state index in [1.54, 1.807) is 50.4 Å². The van der Waals surface area contributed by atoms with Crippen molar-refractivity contribution in [2.75, 3.05) is 20.2 Å². The smallest absolute Gasteiger partial charge is 0.255 e. The molecule has 0 aliphatic carbocycles. The van der Waals surface area contributed by atoms with Crippen molar-refractivity contribution in [2.45, 2.75) is 71.0 Å². The Kier molecular flexibility index (Phi) is 10.5. The normalized spacial score (nSPS) is 21.1. The minimum Gasteiger partial charge on any atom is -0.491 e. The van der Waals surface area contributed by atoms with Gasteiger partial charge in [-0.2, -0.15) is 0 Å².